The minimum Gasteiger partial charge on any atom is -0.486 e. The maximum Gasteiger partial charge on any atom is 0.406 e. The van der Waals surface area contributed by atoms with Crippen LogP contribution in [0.4, 0.5) is 13.2 Å². The maximum atomic E-state index is 13.0. The lowest BCUT2D eigenvalue weighted by molar-refractivity contribution is -0.141. The molecule has 1 unspecified atom stereocenters. The molecule has 1 saturated carbocycles. The third-order valence-electron chi connectivity index (χ3n) is 6.85. The van der Waals surface area contributed by atoms with E-state index >= 15 is 0 Å². The van der Waals surface area contributed by atoms with Crippen LogP contribution in [-0.2, 0) is 18.5 Å². The highest BCUT2D eigenvalue weighted by atomic mass is 19.4. The topological polar surface area (TPSA) is 39.5 Å². The van der Waals surface area contributed by atoms with Crippen molar-refractivity contribution < 1.29 is 22.6 Å². The van der Waals surface area contributed by atoms with E-state index in [-0.39, 0.29) is 11.5 Å². The van der Waals surface area contributed by atoms with Gasteiger partial charge >= 0.3 is 6.18 Å². The Bertz CT molecular complexity index is 934. The highest BCUT2D eigenvalue weighted by Gasteiger charge is 2.45. The molecule has 1 aromatic heterocycles. The predicted octanol–water partition coefficient (Wildman–Crippen LogP) is 4.61. The summed E-state index contributed by atoms with van der Waals surface area (Å²) in [5, 5.41) is 0. The fourth-order valence-corrected chi connectivity index (χ4v) is 5.40. The van der Waals surface area contributed by atoms with Gasteiger partial charge in [0.1, 0.15) is 25.6 Å². The average Bonchev–Trinajstić information content (AvgIpc) is 3.34. The molecular formula is C22H26F3N3O2. The molecule has 1 fully saturated rings. The number of ether oxygens (including phenoxy) is 2. The van der Waals surface area contributed by atoms with Gasteiger partial charge in [-0.05, 0) is 43.0 Å². The van der Waals surface area contributed by atoms with Crippen LogP contribution in [-0.4, -0.2) is 40.4 Å². The molecule has 3 aliphatic rings. The SMILES string of the molecule is CC1c2cc3c(cc2C2(CCCC2)CN1Cc1nccn1CC(F)(F)F)OCCO3. The molecule has 0 amide bonds. The van der Waals surface area contributed by atoms with Gasteiger partial charge in [0.25, 0.3) is 0 Å². The van der Waals surface area contributed by atoms with Crippen molar-refractivity contribution in [3.05, 3.63) is 41.5 Å². The van der Waals surface area contributed by atoms with Gasteiger partial charge in [-0.3, -0.25) is 4.90 Å². The predicted molar refractivity (Wildman–Crippen MR) is 105 cm³/mol. The fraction of sp³-hybridized carbons (Fsp3) is 0.591. The Hall–Kier alpha value is -2.22. The molecule has 5 rings (SSSR count). The number of hydrogen-bond donors (Lipinski definition) is 0. The Balaban J connectivity index is 1.50. The molecule has 3 heterocycles. The van der Waals surface area contributed by atoms with Crippen molar-refractivity contribution in [1.82, 2.24) is 14.5 Å². The summed E-state index contributed by atoms with van der Waals surface area (Å²) in [4.78, 5) is 6.52. The Morgan fingerprint density at radius 3 is 2.53 bits per heavy atom. The highest BCUT2D eigenvalue weighted by Crippen LogP contribution is 2.52. The molecular weight excluding hydrogens is 395 g/mol. The molecule has 1 aliphatic carbocycles. The fourth-order valence-electron chi connectivity index (χ4n) is 5.40. The van der Waals surface area contributed by atoms with E-state index in [1.54, 1.807) is 0 Å². The van der Waals surface area contributed by atoms with Gasteiger partial charge in [0.05, 0.1) is 6.54 Å². The summed E-state index contributed by atoms with van der Waals surface area (Å²) in [6, 6.07) is 4.30. The van der Waals surface area contributed by atoms with Crippen LogP contribution in [0.3, 0.4) is 0 Å². The van der Waals surface area contributed by atoms with Crippen LogP contribution >= 0.6 is 0 Å². The largest absolute Gasteiger partial charge is 0.486 e. The summed E-state index contributed by atoms with van der Waals surface area (Å²) in [7, 11) is 0. The first-order valence-electron chi connectivity index (χ1n) is 10.6. The van der Waals surface area contributed by atoms with Crippen LogP contribution < -0.4 is 9.47 Å². The first kappa shape index (κ1) is 19.7. The van der Waals surface area contributed by atoms with Gasteiger partial charge in [-0.15, -0.1) is 0 Å². The third-order valence-corrected chi connectivity index (χ3v) is 6.85. The summed E-state index contributed by atoms with van der Waals surface area (Å²) in [5.41, 5.74) is 2.53. The molecule has 1 atom stereocenters. The second-order valence-electron chi connectivity index (χ2n) is 8.74. The number of halogens is 3. The molecule has 1 spiro atoms. The number of nitrogens with zero attached hydrogens (tertiary/aromatic N) is 3. The van der Waals surface area contributed by atoms with Crippen LogP contribution in [0.1, 0.15) is 55.6 Å². The normalized spacial score (nSPS) is 23.0. The van der Waals surface area contributed by atoms with Gasteiger partial charge in [0.15, 0.2) is 11.5 Å². The van der Waals surface area contributed by atoms with E-state index in [2.05, 4.69) is 28.9 Å². The molecule has 8 heteroatoms. The van der Waals surface area contributed by atoms with Crippen molar-refractivity contribution in [3.8, 4) is 11.5 Å². The quantitative estimate of drug-likeness (QED) is 0.726. The summed E-state index contributed by atoms with van der Waals surface area (Å²) in [5.74, 6) is 2.03. The monoisotopic (exact) mass is 421 g/mol. The number of hydrogen-bond acceptors (Lipinski definition) is 4. The summed E-state index contributed by atoms with van der Waals surface area (Å²) in [6.45, 7) is 3.41. The number of imidazole rings is 1. The molecule has 0 saturated heterocycles. The zero-order valence-corrected chi connectivity index (χ0v) is 17.0. The average molecular weight is 421 g/mol. The molecule has 5 nitrogen and oxygen atoms in total. The first-order valence-corrected chi connectivity index (χ1v) is 10.6. The minimum atomic E-state index is -4.27. The van der Waals surface area contributed by atoms with E-state index in [1.807, 2.05) is 0 Å². The number of rotatable bonds is 3. The van der Waals surface area contributed by atoms with E-state index in [4.69, 9.17) is 9.47 Å². The molecule has 162 valence electrons. The number of fused-ring (bicyclic) bond motifs is 3. The van der Waals surface area contributed by atoms with Crippen molar-refractivity contribution in [2.24, 2.45) is 0 Å². The van der Waals surface area contributed by atoms with Gasteiger partial charge in [-0.1, -0.05) is 12.8 Å². The standard InChI is InChI=1S/C22H26F3N3O2/c1-15-16-10-18-19(30-9-8-29-18)11-17(16)21(4-2-3-5-21)13-28(15)12-20-26-6-7-27(20)14-22(23,24)25/h6-7,10-11,15H,2-5,8-9,12-14H2,1H3. The van der Waals surface area contributed by atoms with E-state index in [9.17, 15) is 13.2 Å². The molecule has 0 N–H and O–H groups in total. The Kier molecular flexibility index (Phi) is 4.72. The summed E-state index contributed by atoms with van der Waals surface area (Å²) in [6.07, 6.45) is 3.10. The van der Waals surface area contributed by atoms with E-state index < -0.39 is 12.7 Å². The number of alkyl halides is 3. The van der Waals surface area contributed by atoms with Crippen LogP contribution in [0.2, 0.25) is 0 Å². The zero-order valence-electron chi connectivity index (χ0n) is 17.0. The van der Waals surface area contributed by atoms with Crippen molar-refractivity contribution in [3.63, 3.8) is 0 Å². The molecule has 2 aromatic rings. The van der Waals surface area contributed by atoms with Gasteiger partial charge in [0.2, 0.25) is 0 Å². The molecule has 0 radical (unpaired) electrons. The second kappa shape index (κ2) is 7.18. The van der Waals surface area contributed by atoms with E-state index in [0.29, 0.717) is 25.6 Å². The maximum absolute atomic E-state index is 13.0. The van der Waals surface area contributed by atoms with Crippen LogP contribution in [0.15, 0.2) is 24.5 Å². The van der Waals surface area contributed by atoms with Crippen molar-refractivity contribution in [2.45, 2.75) is 63.3 Å². The summed E-state index contributed by atoms with van der Waals surface area (Å²) < 4.78 is 51.8. The lowest BCUT2D eigenvalue weighted by atomic mass is 9.71. The zero-order chi connectivity index (χ0) is 20.9. The lowest BCUT2D eigenvalue weighted by Crippen LogP contribution is -2.46. The Morgan fingerprint density at radius 2 is 1.83 bits per heavy atom. The van der Waals surface area contributed by atoms with E-state index in [0.717, 1.165) is 30.9 Å². The number of aromatic nitrogens is 2. The van der Waals surface area contributed by atoms with Gasteiger partial charge < -0.3 is 14.0 Å². The highest BCUT2D eigenvalue weighted by molar-refractivity contribution is 5.53. The van der Waals surface area contributed by atoms with E-state index in [1.165, 1.54) is 40.9 Å². The van der Waals surface area contributed by atoms with Crippen LogP contribution in [0.25, 0.3) is 0 Å². The lowest BCUT2D eigenvalue weighted by Gasteiger charge is -2.46. The molecule has 30 heavy (non-hydrogen) atoms. The summed E-state index contributed by atoms with van der Waals surface area (Å²) >= 11 is 0. The van der Waals surface area contributed by atoms with Gasteiger partial charge in [0, 0.05) is 30.4 Å². The second-order valence-corrected chi connectivity index (χ2v) is 8.74. The van der Waals surface area contributed by atoms with Crippen molar-refractivity contribution >= 4 is 0 Å². The molecule has 2 aliphatic heterocycles. The van der Waals surface area contributed by atoms with Gasteiger partial charge in [-0.25, -0.2) is 4.98 Å². The smallest absolute Gasteiger partial charge is 0.406 e. The molecule has 1 aromatic carbocycles. The van der Waals surface area contributed by atoms with Crippen LogP contribution in [0.5, 0.6) is 11.5 Å². The Morgan fingerprint density at radius 1 is 1.13 bits per heavy atom. The number of benzene rings is 1. The third kappa shape index (κ3) is 3.45. The Labute approximate surface area is 173 Å². The van der Waals surface area contributed by atoms with Gasteiger partial charge in [-0.2, -0.15) is 13.2 Å². The molecule has 0 bridgehead atoms. The van der Waals surface area contributed by atoms with Crippen LogP contribution in [0, 0.1) is 0 Å². The van der Waals surface area contributed by atoms with Crippen molar-refractivity contribution in [2.75, 3.05) is 19.8 Å². The first-order chi connectivity index (χ1) is 14.3. The minimum absolute atomic E-state index is 0.0130. The van der Waals surface area contributed by atoms with Crippen molar-refractivity contribution in [1.29, 1.82) is 0 Å².